The molecule has 0 aromatic carbocycles. The Bertz CT molecular complexity index is 625. The summed E-state index contributed by atoms with van der Waals surface area (Å²) < 4.78 is 22.4. The monoisotopic (exact) mass is 313 g/mol. The predicted octanol–water partition coefficient (Wildman–Crippen LogP) is -0.0173. The van der Waals surface area contributed by atoms with Gasteiger partial charge >= 0.3 is 10.0 Å². The number of carbonyl (C=O) groups is 1. The van der Waals surface area contributed by atoms with Crippen LogP contribution in [0.5, 0.6) is 0 Å². The summed E-state index contributed by atoms with van der Waals surface area (Å²) >= 11 is 0. The first-order chi connectivity index (χ1) is 9.66. The zero-order valence-electron chi connectivity index (χ0n) is 12.4. The van der Waals surface area contributed by atoms with Crippen LogP contribution >= 0.6 is 0 Å². The molecule has 116 valence electrons. The van der Waals surface area contributed by atoms with Crippen LogP contribution in [0.25, 0.3) is 0 Å². The molecule has 0 spiro atoms. The van der Waals surface area contributed by atoms with Gasteiger partial charge in [-0.2, -0.15) is 8.42 Å². The van der Waals surface area contributed by atoms with Crippen molar-refractivity contribution in [2.45, 2.75) is 13.8 Å². The number of allylic oxidation sites excluding steroid dienone is 6. The maximum absolute atomic E-state index is 11.4. The molecule has 4 N–H and O–H groups in total. The number of quaternary nitrogens is 1. The highest BCUT2D eigenvalue weighted by molar-refractivity contribution is 7.85. The van der Waals surface area contributed by atoms with Crippen LogP contribution in [-0.4, -0.2) is 43.5 Å². The lowest BCUT2D eigenvalue weighted by atomic mass is 10.2. The van der Waals surface area contributed by atoms with E-state index < -0.39 is 14.0 Å². The number of Topliss-reactive ketones (excluding diaryl/α,β-unsaturated/α-hetero) is 1. The molecule has 0 aliphatic heterocycles. The molecule has 0 saturated carbocycles. The largest absolute Gasteiger partial charge is 0.366 e. The molecule has 8 heteroatoms. The molecule has 0 amide bonds. The molecule has 0 atom stereocenters. The SMILES string of the molecule is CC[N+](CC)(N=C(N)N)S(C)(=O)=O.O=C1C2=CC=C1C=C2. The number of sulfonamides is 1. The first kappa shape index (κ1) is 17.1. The minimum absolute atomic E-state index is 0.185. The molecular weight excluding hydrogens is 292 g/mol. The zero-order chi connectivity index (χ0) is 16.3. The second kappa shape index (κ2) is 6.23. The van der Waals surface area contributed by atoms with Crippen LogP contribution in [0.1, 0.15) is 13.8 Å². The number of nitrogens with zero attached hydrogens (tertiary/aromatic N) is 2. The first-order valence-corrected chi connectivity index (χ1v) is 8.35. The fourth-order valence-corrected chi connectivity index (χ4v) is 3.24. The van der Waals surface area contributed by atoms with Crippen molar-refractivity contribution in [3.8, 4) is 0 Å². The number of nitrogens with two attached hydrogens (primary N) is 2. The maximum atomic E-state index is 11.4. The van der Waals surface area contributed by atoms with Gasteiger partial charge in [0.25, 0.3) is 0 Å². The van der Waals surface area contributed by atoms with Crippen molar-refractivity contribution in [1.82, 2.24) is 0 Å². The number of fused-ring (bicyclic) bond motifs is 2. The number of hydrogen-bond acceptors (Lipinski definition) is 4. The molecule has 0 saturated heterocycles. The highest BCUT2D eigenvalue weighted by Gasteiger charge is 2.35. The summed E-state index contributed by atoms with van der Waals surface area (Å²) in [7, 11) is -3.33. The quantitative estimate of drug-likeness (QED) is 0.327. The normalized spacial score (nSPS) is 16.0. The van der Waals surface area contributed by atoms with Gasteiger partial charge in [0.2, 0.25) is 5.96 Å². The summed E-state index contributed by atoms with van der Waals surface area (Å²) in [5.41, 5.74) is 12.0. The summed E-state index contributed by atoms with van der Waals surface area (Å²) in [6.07, 6.45) is 8.50. The van der Waals surface area contributed by atoms with E-state index in [0.29, 0.717) is 13.1 Å². The number of carbonyl (C=O) groups excluding carboxylic acids is 1. The molecule has 0 aromatic rings. The number of hydrogen-bond donors (Lipinski definition) is 2. The molecule has 7 nitrogen and oxygen atoms in total. The second-order valence-corrected chi connectivity index (χ2v) is 6.79. The van der Waals surface area contributed by atoms with Crippen LogP contribution in [-0.2, 0) is 14.8 Å². The van der Waals surface area contributed by atoms with Crippen LogP contribution < -0.4 is 11.5 Å². The van der Waals surface area contributed by atoms with Gasteiger partial charge < -0.3 is 11.5 Å². The van der Waals surface area contributed by atoms with Gasteiger partial charge in [0.1, 0.15) is 13.1 Å². The zero-order valence-corrected chi connectivity index (χ0v) is 13.2. The topological polar surface area (TPSA) is 116 Å². The van der Waals surface area contributed by atoms with Crippen LogP contribution in [0.3, 0.4) is 0 Å². The van der Waals surface area contributed by atoms with E-state index in [-0.39, 0.29) is 11.7 Å². The average molecular weight is 313 g/mol. The van der Waals surface area contributed by atoms with E-state index in [9.17, 15) is 13.2 Å². The molecule has 21 heavy (non-hydrogen) atoms. The standard InChI is InChI=1S/C7H4O.C6H17N4O2S/c8-7-5-1-2-6(7)4-3-5;1-4-10(5-2,9-6(7)8)13(3,11)12/h1-4H;4-5H2,1-3H3,(H4,7,8,9)/q;+1. The van der Waals surface area contributed by atoms with Gasteiger partial charge in [-0.05, 0) is 18.9 Å². The van der Waals surface area contributed by atoms with E-state index in [4.69, 9.17) is 11.5 Å². The third kappa shape index (κ3) is 3.59. The van der Waals surface area contributed by atoms with E-state index in [1.807, 2.05) is 24.3 Å². The van der Waals surface area contributed by atoms with Crippen molar-refractivity contribution < 1.29 is 17.2 Å². The lowest BCUT2D eigenvalue weighted by molar-refractivity contribution is -0.808. The van der Waals surface area contributed by atoms with Gasteiger partial charge in [-0.25, -0.2) is 0 Å². The fraction of sp³-hybridized carbons (Fsp3) is 0.385. The van der Waals surface area contributed by atoms with Gasteiger partial charge in [0.15, 0.2) is 5.78 Å². The highest BCUT2D eigenvalue weighted by atomic mass is 32.2. The van der Waals surface area contributed by atoms with Crippen LogP contribution in [0.2, 0.25) is 0 Å². The second-order valence-electron chi connectivity index (χ2n) is 4.64. The molecule has 0 radical (unpaired) electrons. The minimum atomic E-state index is -3.33. The lowest BCUT2D eigenvalue weighted by Gasteiger charge is -2.26. The van der Waals surface area contributed by atoms with Gasteiger partial charge in [0, 0.05) is 11.1 Å². The fourth-order valence-electron chi connectivity index (χ4n) is 2.06. The van der Waals surface area contributed by atoms with Gasteiger partial charge in [-0.15, -0.1) is 0 Å². The average Bonchev–Trinajstić information content (AvgIpc) is 2.93. The molecular formula is C13H21N4O3S+. The van der Waals surface area contributed by atoms with Crippen LogP contribution in [0.15, 0.2) is 40.6 Å². The summed E-state index contributed by atoms with van der Waals surface area (Å²) in [6, 6.07) is 0. The van der Waals surface area contributed by atoms with Crippen molar-refractivity contribution in [2.75, 3.05) is 19.3 Å². The smallest absolute Gasteiger partial charge is 0.318 e. The number of guanidine groups is 1. The maximum Gasteiger partial charge on any atom is 0.318 e. The third-order valence-electron chi connectivity index (χ3n) is 3.31. The Morgan fingerprint density at radius 3 is 1.67 bits per heavy atom. The Kier molecular flexibility index (Phi) is 5.08. The molecule has 0 unspecified atom stereocenters. The van der Waals surface area contributed by atoms with Gasteiger partial charge in [-0.1, -0.05) is 28.3 Å². The third-order valence-corrected chi connectivity index (χ3v) is 5.15. The van der Waals surface area contributed by atoms with Gasteiger partial charge in [0.05, 0.1) is 6.26 Å². The Labute approximate surface area is 124 Å². The highest BCUT2D eigenvalue weighted by Crippen LogP contribution is 2.23. The van der Waals surface area contributed by atoms with Crippen molar-refractivity contribution in [3.63, 3.8) is 0 Å². The Morgan fingerprint density at radius 2 is 1.57 bits per heavy atom. The van der Waals surface area contributed by atoms with E-state index in [1.54, 1.807) is 13.8 Å². The Morgan fingerprint density at radius 1 is 1.14 bits per heavy atom. The number of ketones is 1. The van der Waals surface area contributed by atoms with Crippen molar-refractivity contribution in [3.05, 3.63) is 35.5 Å². The molecule has 0 heterocycles. The van der Waals surface area contributed by atoms with E-state index in [0.717, 1.165) is 17.4 Å². The van der Waals surface area contributed by atoms with E-state index >= 15 is 0 Å². The predicted molar refractivity (Wildman–Crippen MR) is 82.3 cm³/mol. The Hall–Kier alpha value is -1.93. The molecule has 0 aromatic heterocycles. The van der Waals surface area contributed by atoms with Crippen LogP contribution in [0.4, 0.5) is 0 Å². The van der Waals surface area contributed by atoms with E-state index in [2.05, 4.69) is 5.10 Å². The summed E-state index contributed by atoms with van der Waals surface area (Å²) in [5, 5.41) is 3.74. The molecule has 2 rings (SSSR count). The molecule has 2 aliphatic rings. The van der Waals surface area contributed by atoms with Gasteiger partial charge in [-0.3, -0.25) is 4.79 Å². The van der Waals surface area contributed by atoms with Crippen molar-refractivity contribution >= 4 is 21.8 Å². The number of rotatable bonds is 4. The summed E-state index contributed by atoms with van der Waals surface area (Å²) in [6.45, 7) is 4.06. The van der Waals surface area contributed by atoms with E-state index in [1.165, 1.54) is 0 Å². The first-order valence-electron chi connectivity index (χ1n) is 6.50. The Balaban J connectivity index is 0.000000230. The minimum Gasteiger partial charge on any atom is -0.366 e. The summed E-state index contributed by atoms with van der Waals surface area (Å²) in [4.78, 5) is 10.8. The van der Waals surface area contributed by atoms with Crippen LogP contribution in [0, 0.1) is 0 Å². The molecule has 2 bridgehead atoms. The lowest BCUT2D eigenvalue weighted by Crippen LogP contribution is -2.49. The van der Waals surface area contributed by atoms with Crippen molar-refractivity contribution in [2.24, 2.45) is 16.6 Å². The molecule has 0 fully saturated rings. The summed E-state index contributed by atoms with van der Waals surface area (Å²) in [5.74, 6) is -0.0286. The van der Waals surface area contributed by atoms with Crippen molar-refractivity contribution in [1.29, 1.82) is 0 Å². The molecule has 2 aliphatic carbocycles.